The van der Waals surface area contributed by atoms with Gasteiger partial charge in [0.25, 0.3) is 0 Å². The second kappa shape index (κ2) is 6.49. The summed E-state index contributed by atoms with van der Waals surface area (Å²) in [6.07, 6.45) is 5.10. The van der Waals surface area contributed by atoms with Crippen LogP contribution in [0.4, 0.5) is 0 Å². The van der Waals surface area contributed by atoms with E-state index >= 15 is 0 Å². The van der Waals surface area contributed by atoms with Gasteiger partial charge in [0.15, 0.2) is 0 Å². The monoisotopic (exact) mass is 397 g/mol. The van der Waals surface area contributed by atoms with E-state index in [9.17, 15) is 5.26 Å². The van der Waals surface area contributed by atoms with Crippen molar-refractivity contribution in [3.63, 3.8) is 0 Å². The third-order valence-electron chi connectivity index (χ3n) is 2.99. The minimum absolute atomic E-state index is 0.262. The van der Waals surface area contributed by atoms with Gasteiger partial charge >= 0.3 is 0 Å². The van der Waals surface area contributed by atoms with E-state index in [0.29, 0.717) is 5.70 Å². The Morgan fingerprint density at radius 1 is 1.52 bits per heavy atom. The molecule has 2 heterocycles. The van der Waals surface area contributed by atoms with Crippen LogP contribution in [0.15, 0.2) is 45.6 Å². The van der Waals surface area contributed by atoms with Crippen LogP contribution in [0, 0.1) is 11.3 Å². The molecular weight excluding hydrogens is 390 g/mol. The molecule has 1 fully saturated rings. The number of aromatic nitrogens is 2. The molecule has 1 aliphatic heterocycles. The Balaban J connectivity index is 1.90. The Hall–Kier alpha value is -0.870. The zero-order valence-corrected chi connectivity index (χ0v) is 14.6. The molecule has 21 heavy (non-hydrogen) atoms. The van der Waals surface area contributed by atoms with E-state index in [2.05, 4.69) is 27.0 Å². The van der Waals surface area contributed by atoms with Gasteiger partial charge in [0, 0.05) is 32.9 Å². The SMILES string of the molecule is N#CC(=C1SC[C@@H](c2ccc(Br)cc2Cl)S1)n1ccnc1. The maximum atomic E-state index is 9.39. The van der Waals surface area contributed by atoms with Crippen molar-refractivity contribution >= 4 is 56.8 Å². The Bertz CT molecular complexity index is 737. The molecular formula is C14H9BrClN3S2. The number of nitrogens with zero attached hydrogens (tertiary/aromatic N) is 3. The molecule has 1 aromatic heterocycles. The minimum Gasteiger partial charge on any atom is -0.296 e. The molecule has 3 rings (SSSR count). The summed E-state index contributed by atoms with van der Waals surface area (Å²) in [6, 6.07) is 8.20. The normalized spacial score (nSPS) is 20.3. The first-order valence-electron chi connectivity index (χ1n) is 6.06. The Morgan fingerprint density at radius 3 is 3.05 bits per heavy atom. The largest absolute Gasteiger partial charge is 0.296 e. The summed E-state index contributed by atoms with van der Waals surface area (Å²) < 4.78 is 3.74. The van der Waals surface area contributed by atoms with Crippen molar-refractivity contribution in [1.82, 2.24) is 9.55 Å². The van der Waals surface area contributed by atoms with E-state index in [-0.39, 0.29) is 5.25 Å². The van der Waals surface area contributed by atoms with Crippen molar-refractivity contribution in [3.05, 3.63) is 56.2 Å². The molecule has 2 aromatic rings. The number of halogens is 2. The number of imidazole rings is 1. The lowest BCUT2D eigenvalue weighted by molar-refractivity contribution is 1.10. The van der Waals surface area contributed by atoms with Crippen LogP contribution in [0.1, 0.15) is 10.8 Å². The van der Waals surface area contributed by atoms with Gasteiger partial charge < -0.3 is 0 Å². The molecule has 0 bridgehead atoms. The van der Waals surface area contributed by atoms with Crippen LogP contribution in [0.25, 0.3) is 5.70 Å². The highest BCUT2D eigenvalue weighted by molar-refractivity contribution is 9.10. The van der Waals surface area contributed by atoms with Crippen molar-refractivity contribution in [3.8, 4) is 6.07 Å². The molecule has 1 aromatic carbocycles. The smallest absolute Gasteiger partial charge is 0.145 e. The molecule has 0 saturated carbocycles. The lowest BCUT2D eigenvalue weighted by atomic mass is 10.2. The summed E-state index contributed by atoms with van der Waals surface area (Å²) in [5, 5.41) is 10.4. The number of thioether (sulfide) groups is 2. The molecule has 1 aliphatic rings. The topological polar surface area (TPSA) is 41.6 Å². The van der Waals surface area contributed by atoms with E-state index in [4.69, 9.17) is 11.6 Å². The first kappa shape index (κ1) is 15.0. The minimum atomic E-state index is 0.262. The predicted molar refractivity (Wildman–Crippen MR) is 93.0 cm³/mol. The van der Waals surface area contributed by atoms with Crippen LogP contribution < -0.4 is 0 Å². The number of rotatable bonds is 2. The van der Waals surface area contributed by atoms with E-state index in [1.165, 1.54) is 0 Å². The van der Waals surface area contributed by atoms with Gasteiger partial charge in [0.05, 0.1) is 10.6 Å². The summed E-state index contributed by atoms with van der Waals surface area (Å²) in [4.78, 5) is 4.00. The highest BCUT2D eigenvalue weighted by Gasteiger charge is 2.27. The summed E-state index contributed by atoms with van der Waals surface area (Å²) in [5.41, 5.74) is 1.73. The molecule has 7 heteroatoms. The van der Waals surface area contributed by atoms with Crippen molar-refractivity contribution in [2.75, 3.05) is 5.75 Å². The highest BCUT2D eigenvalue weighted by Crippen LogP contribution is 2.53. The van der Waals surface area contributed by atoms with Crippen molar-refractivity contribution in [2.24, 2.45) is 0 Å². The fourth-order valence-electron chi connectivity index (χ4n) is 1.99. The zero-order chi connectivity index (χ0) is 14.8. The Kier molecular flexibility index (Phi) is 4.65. The van der Waals surface area contributed by atoms with E-state index in [0.717, 1.165) is 25.0 Å². The molecule has 0 amide bonds. The van der Waals surface area contributed by atoms with Gasteiger partial charge in [-0.25, -0.2) is 4.98 Å². The quantitative estimate of drug-likeness (QED) is 0.654. The number of nitriles is 1. The van der Waals surface area contributed by atoms with Gasteiger partial charge in [0.1, 0.15) is 11.8 Å². The van der Waals surface area contributed by atoms with E-state index in [1.54, 1.807) is 46.8 Å². The second-order valence-electron chi connectivity index (χ2n) is 4.30. The van der Waals surface area contributed by atoms with Crippen LogP contribution in [0.5, 0.6) is 0 Å². The van der Waals surface area contributed by atoms with Crippen LogP contribution in [0.2, 0.25) is 5.02 Å². The molecule has 3 nitrogen and oxygen atoms in total. The van der Waals surface area contributed by atoms with Crippen molar-refractivity contribution in [1.29, 1.82) is 5.26 Å². The summed E-state index contributed by atoms with van der Waals surface area (Å²) >= 11 is 13.1. The Labute approximate surface area is 144 Å². The van der Waals surface area contributed by atoms with Gasteiger partial charge in [-0.2, -0.15) is 5.26 Å². The number of allylic oxidation sites excluding steroid dienone is 1. The van der Waals surface area contributed by atoms with Crippen molar-refractivity contribution < 1.29 is 0 Å². The lowest BCUT2D eigenvalue weighted by Crippen LogP contribution is -1.93. The average Bonchev–Trinajstić information content (AvgIpc) is 3.12. The fraction of sp³-hybridized carbons (Fsp3) is 0.143. The molecule has 1 atom stereocenters. The third-order valence-corrected chi connectivity index (χ3v) is 6.73. The number of benzene rings is 1. The predicted octanol–water partition coefficient (Wildman–Crippen LogP) is 5.17. The molecule has 106 valence electrons. The fourth-order valence-corrected chi connectivity index (χ4v) is 5.78. The first-order chi connectivity index (χ1) is 10.2. The number of hydrogen-bond donors (Lipinski definition) is 0. The highest BCUT2D eigenvalue weighted by atomic mass is 79.9. The molecule has 0 unspecified atom stereocenters. The van der Waals surface area contributed by atoms with Crippen LogP contribution in [-0.2, 0) is 0 Å². The third kappa shape index (κ3) is 3.16. The molecule has 1 saturated heterocycles. The van der Waals surface area contributed by atoms with Gasteiger partial charge in [-0.3, -0.25) is 4.57 Å². The number of hydrogen-bond acceptors (Lipinski definition) is 4. The summed E-state index contributed by atoms with van der Waals surface area (Å²) in [5.74, 6) is 0.904. The molecule has 0 aliphatic carbocycles. The first-order valence-corrected chi connectivity index (χ1v) is 9.10. The van der Waals surface area contributed by atoms with Gasteiger partial charge in [-0.05, 0) is 17.7 Å². The van der Waals surface area contributed by atoms with Crippen LogP contribution in [0.3, 0.4) is 0 Å². The maximum absolute atomic E-state index is 9.39. The van der Waals surface area contributed by atoms with Crippen molar-refractivity contribution in [2.45, 2.75) is 5.25 Å². The molecule has 0 N–H and O–H groups in total. The second-order valence-corrected chi connectivity index (χ2v) is 8.13. The Morgan fingerprint density at radius 2 is 2.38 bits per heavy atom. The van der Waals surface area contributed by atoms with Gasteiger partial charge in [-0.15, -0.1) is 23.5 Å². The zero-order valence-electron chi connectivity index (χ0n) is 10.7. The average molecular weight is 399 g/mol. The summed E-state index contributed by atoms with van der Waals surface area (Å²) in [7, 11) is 0. The maximum Gasteiger partial charge on any atom is 0.145 e. The van der Waals surface area contributed by atoms with Crippen LogP contribution >= 0.6 is 51.1 Å². The summed E-state index contributed by atoms with van der Waals surface area (Å²) in [6.45, 7) is 0. The molecule has 0 radical (unpaired) electrons. The van der Waals surface area contributed by atoms with Gasteiger partial charge in [-0.1, -0.05) is 33.6 Å². The van der Waals surface area contributed by atoms with E-state index < -0.39 is 0 Å². The van der Waals surface area contributed by atoms with Gasteiger partial charge in [0.2, 0.25) is 0 Å². The van der Waals surface area contributed by atoms with Crippen LogP contribution in [-0.4, -0.2) is 15.3 Å². The van der Waals surface area contributed by atoms with E-state index in [1.807, 2.05) is 18.2 Å². The standard InChI is InChI=1S/C14H9BrClN3S2/c15-9-1-2-10(11(16)5-9)13-7-20-14(21-13)12(6-17)19-4-3-18-8-19/h1-5,8,13H,7H2/t13-/m0/s1. The lowest BCUT2D eigenvalue weighted by Gasteiger charge is -2.10. The molecule has 0 spiro atoms.